The average Bonchev–Trinajstić information content (AvgIpc) is 1.63. The Kier molecular flexibility index (Phi) is 38.5. The molecule has 4 aliphatic heterocycles. The Hall–Kier alpha value is 3.68. The van der Waals surface area contributed by atoms with E-state index in [0.29, 0.717) is 31.3 Å². The average molecular weight is 1630 g/mol. The van der Waals surface area contributed by atoms with E-state index in [1.165, 1.54) is 6.08 Å². The fraction of sp³-hybridized carbons (Fsp3) is 0.590. The number of carbonyl (C=O) groups excluding carboxylic acids is 3. The van der Waals surface area contributed by atoms with Crippen LogP contribution in [-0.2, 0) is 51.7 Å². The Morgan fingerprint density at radius 2 is 0.880 bits per heavy atom. The number of fused-ring (bicyclic) bond motifs is 2. The minimum absolute atomic E-state index is 0.00147. The van der Waals surface area contributed by atoms with E-state index in [9.17, 15) is 14.4 Å². The number of hydrogen-bond donors (Lipinski definition) is 0. The predicted octanol–water partition coefficient (Wildman–Crippen LogP) is 24.5. The molecule has 0 bridgehead atoms. The molecule has 0 amide bonds. The number of esters is 2. The summed E-state index contributed by atoms with van der Waals surface area (Å²) in [6.45, 7) is 38.6. The molecule has 6 rings (SSSR count). The van der Waals surface area contributed by atoms with Gasteiger partial charge in [-0.15, -0.1) is 89.3 Å². The van der Waals surface area contributed by atoms with E-state index in [1.54, 1.807) is 6.08 Å². The third-order valence-corrected chi connectivity index (χ3v) is 135. The molecule has 2 aromatic rings. The highest BCUT2D eigenvalue weighted by Crippen LogP contribution is 3.28. The largest absolute Gasteiger partial charge is 0.457 e. The van der Waals surface area contributed by atoms with Crippen LogP contribution in [0.4, 0.5) is 0 Å². The predicted molar refractivity (Wildman–Crippen MR) is 452 cm³/mol. The lowest BCUT2D eigenvalue weighted by Crippen LogP contribution is -2.45. The molecule has 2 fully saturated rings. The molecule has 518 valence electrons. The summed E-state index contributed by atoms with van der Waals surface area (Å²) in [6.07, 6.45) is 14.1. The van der Waals surface area contributed by atoms with Crippen molar-refractivity contribution in [3.63, 3.8) is 0 Å². The summed E-state index contributed by atoms with van der Waals surface area (Å²) in [5, 5.41) is 0.0307. The first-order valence-electron chi connectivity index (χ1n) is 30.8. The number of aldehydes is 1. The van der Waals surface area contributed by atoms with Crippen molar-refractivity contribution >= 4 is 180 Å². The van der Waals surface area contributed by atoms with Crippen LogP contribution < -0.4 is 0 Å². The van der Waals surface area contributed by atoms with Crippen molar-refractivity contribution in [2.24, 2.45) is 11.8 Å². The number of ether oxygens (including phenoxy) is 6. The Morgan fingerprint density at radius 1 is 0.554 bits per heavy atom. The van der Waals surface area contributed by atoms with Gasteiger partial charge in [-0.3, -0.25) is 14.4 Å². The van der Waals surface area contributed by atoms with Crippen LogP contribution in [0.1, 0.15) is 145 Å². The second kappa shape index (κ2) is 40.3. The zero-order valence-corrected chi connectivity index (χ0v) is 77.7. The number of benzene rings is 2. The van der Waals surface area contributed by atoms with Crippen molar-refractivity contribution in [1.82, 2.24) is 0 Å². The molecule has 11 nitrogen and oxygen atoms in total. The number of rotatable bonds is 17. The molecular weight excluding hydrogens is 1520 g/mol. The highest BCUT2D eigenvalue weighted by Gasteiger charge is 2.50. The van der Waals surface area contributed by atoms with Gasteiger partial charge in [0.15, 0.2) is 29.2 Å². The normalized spacial score (nSPS) is 29.2. The van der Waals surface area contributed by atoms with Gasteiger partial charge in [0, 0.05) is 23.0 Å². The quantitative estimate of drug-likeness (QED) is 0.0286. The second-order valence-electron chi connectivity index (χ2n) is 27.2. The first-order valence-corrected chi connectivity index (χ1v) is 68.5. The van der Waals surface area contributed by atoms with Crippen LogP contribution in [0, 0.1) is 11.8 Å². The third-order valence-electron chi connectivity index (χ3n) is 17.5. The second-order valence-corrected chi connectivity index (χ2v) is 107. The van der Waals surface area contributed by atoms with Crippen LogP contribution in [0.15, 0.2) is 121 Å². The molecule has 0 N–H and O–H groups in total. The van der Waals surface area contributed by atoms with Crippen molar-refractivity contribution in [2.45, 2.75) is 218 Å². The molecule has 4 aliphatic rings. The maximum absolute atomic E-state index is 13.2. The molecule has 92 heavy (non-hydrogen) atoms. The standard InChI is InChI=1S/C31H46O5Si.C30H44O6Si.H20P18/c1-10-14-22(2)28-23(3)17-18-26-31(7,35-29(33-26)24-15-12-11-13-16-24)20-19-25(21-27(32)34-28)36-37(8,9)30(4,5)6;1-21-14-15-25-30(6,35-28(33-25)23-12-10-9-11-13-23)18-16-24(36-37(7,8)29(3,4)5)20-26(32)34-27(21)22(2)17-19-31;1-11(2)16(12(3)4)18(15(9)10)17(13(5)6)14(7)8/h10-18,23,25-26,28-29H,1,19-21H2,2-9H3;9-15,17,19,21,24-25,27-28H,16,18,20H2,1-8H3;1-10H2/b18-17+,22-14+;15-14+,22-17+;/t23-,25+,26-,28+,29-,31+;21-,24+,25-,27-,28-,30+;/m00./s1. The van der Waals surface area contributed by atoms with Crippen molar-refractivity contribution < 1.29 is 51.7 Å². The number of carbonyl (C=O) groups is 3. The molecule has 31 heteroatoms. The summed E-state index contributed by atoms with van der Waals surface area (Å²) in [5.41, 5.74) is 2.46. The lowest BCUT2D eigenvalue weighted by atomic mass is 9.89. The molecule has 0 aliphatic carbocycles. The zero-order valence-electron chi connectivity index (χ0n) is 57.0. The zero-order chi connectivity index (χ0) is 69.5. The number of hydrogen-bond acceptors (Lipinski definition) is 11. The van der Waals surface area contributed by atoms with Gasteiger partial charge in [0.25, 0.3) is 0 Å². The van der Waals surface area contributed by atoms with Gasteiger partial charge in [-0.1, -0.05) is 159 Å². The molecule has 22 atom stereocenters. The lowest BCUT2D eigenvalue weighted by Gasteiger charge is -2.43. The van der Waals surface area contributed by atoms with Gasteiger partial charge in [-0.05, 0) is 163 Å². The summed E-state index contributed by atoms with van der Waals surface area (Å²) in [4.78, 5) is 37.6. The molecular formula is C61H110O11P18Si2. The lowest BCUT2D eigenvalue weighted by molar-refractivity contribution is -0.152. The maximum atomic E-state index is 13.2. The minimum Gasteiger partial charge on any atom is -0.457 e. The van der Waals surface area contributed by atoms with Crippen LogP contribution in [-0.4, -0.2) is 82.7 Å². The Bertz CT molecular complexity index is 2600. The molecule has 0 saturated carbocycles. The summed E-state index contributed by atoms with van der Waals surface area (Å²) in [5.74, 6) is -0.773. The SMILES string of the molecule is C/C(=C\C=O)[C@H]1OC(=O)C[C@H](O[Si](C)(C)C(C)(C)C)CC[C@@]2(C)O[C@@H](c3ccccc3)O[C@H]2/C=C/[C@@H]1C.C=C/C=C(\C)[C@H]1OC(=O)C[C@H](O[Si](C)(C)C(C)(C)C)CC[C@@]2(C)O[C@@H](c3ccccc3)O[C@H]2/C=C/[C@@H]1C.PP(P)P(P(P)P)P(P(P)P)P(P(P)P)P(P)P. The van der Waals surface area contributed by atoms with Gasteiger partial charge in [0.2, 0.25) is 0 Å². The summed E-state index contributed by atoms with van der Waals surface area (Å²) in [6, 6.07) is 20.0. The molecule has 4 heterocycles. The van der Waals surface area contributed by atoms with Crippen LogP contribution >= 0.6 is 145 Å². The van der Waals surface area contributed by atoms with E-state index in [2.05, 4.69) is 197 Å². The topological polar surface area (TPSA) is 125 Å². The van der Waals surface area contributed by atoms with Crippen molar-refractivity contribution in [3.05, 3.63) is 132 Å². The van der Waals surface area contributed by atoms with E-state index in [-0.39, 0.29) is 127 Å². The molecule has 0 spiro atoms. The van der Waals surface area contributed by atoms with Crippen LogP contribution in [0.25, 0.3) is 0 Å². The van der Waals surface area contributed by atoms with E-state index in [0.717, 1.165) is 23.0 Å². The highest BCUT2D eigenvalue weighted by molar-refractivity contribution is 9.33. The smallest absolute Gasteiger partial charge is 0.308 e. The number of cyclic esters (lactones) is 2. The first kappa shape index (κ1) is 88.1. The Morgan fingerprint density at radius 3 is 1.17 bits per heavy atom. The third kappa shape index (κ3) is 26.7. The van der Waals surface area contributed by atoms with E-state index in [4.69, 9.17) is 37.3 Å². The van der Waals surface area contributed by atoms with Gasteiger partial charge in [-0.25, -0.2) is 0 Å². The fourth-order valence-corrected chi connectivity index (χ4v) is 222. The molecule has 2 saturated heterocycles. The highest BCUT2D eigenvalue weighted by atomic mass is 33.4. The van der Waals surface area contributed by atoms with Crippen LogP contribution in [0.3, 0.4) is 0 Å². The Labute approximate surface area is 589 Å². The van der Waals surface area contributed by atoms with Crippen LogP contribution in [0.5, 0.6) is 0 Å². The number of allylic oxidation sites excluding steroid dienone is 3. The molecule has 0 aromatic heterocycles. The van der Waals surface area contributed by atoms with E-state index < -0.39 is 52.6 Å². The van der Waals surface area contributed by atoms with Gasteiger partial charge in [-0.2, -0.15) is 0 Å². The first-order chi connectivity index (χ1) is 42.6. The van der Waals surface area contributed by atoms with Gasteiger partial charge in [0.05, 0.1) is 36.3 Å². The fourth-order valence-electron chi connectivity index (χ4n) is 10.2. The minimum atomic E-state index is -2.15. The molecule has 2 aromatic carbocycles. The molecule has 10 unspecified atom stereocenters. The van der Waals surface area contributed by atoms with Crippen molar-refractivity contribution in [3.8, 4) is 0 Å². The van der Waals surface area contributed by atoms with Gasteiger partial charge < -0.3 is 37.3 Å². The Balaban J connectivity index is 0.000000313. The van der Waals surface area contributed by atoms with E-state index >= 15 is 0 Å². The van der Waals surface area contributed by atoms with Crippen molar-refractivity contribution in [1.29, 1.82) is 0 Å². The summed E-state index contributed by atoms with van der Waals surface area (Å²) in [7, 11) is 27.0. The van der Waals surface area contributed by atoms with E-state index in [1.807, 2.05) is 99.7 Å². The monoisotopic (exact) mass is 1630 g/mol. The van der Waals surface area contributed by atoms with Crippen molar-refractivity contribution in [2.75, 3.05) is 0 Å². The van der Waals surface area contributed by atoms with Gasteiger partial charge >= 0.3 is 11.9 Å². The van der Waals surface area contributed by atoms with Crippen LogP contribution in [0.2, 0.25) is 36.3 Å². The molecule has 0 radical (unpaired) electrons. The summed E-state index contributed by atoms with van der Waals surface area (Å²) < 4.78 is 51.6. The maximum Gasteiger partial charge on any atom is 0.308 e. The summed E-state index contributed by atoms with van der Waals surface area (Å²) >= 11 is 0. The van der Waals surface area contributed by atoms with Gasteiger partial charge in [0.1, 0.15) is 30.7 Å².